The number of aliphatic imine (C=N–C) groups is 1. The van der Waals surface area contributed by atoms with Gasteiger partial charge in [0.25, 0.3) is 0 Å². The van der Waals surface area contributed by atoms with Crippen molar-refractivity contribution >= 4 is 23.3 Å². The van der Waals surface area contributed by atoms with Crippen LogP contribution in [0.2, 0.25) is 0 Å². The van der Waals surface area contributed by atoms with Crippen LogP contribution >= 0.6 is 0 Å². The van der Waals surface area contributed by atoms with Gasteiger partial charge in [-0.2, -0.15) is 0 Å². The molecule has 1 amide bonds. The minimum Gasteiger partial charge on any atom is -0.621 e. The quantitative estimate of drug-likeness (QED) is 0.647. The van der Waals surface area contributed by atoms with E-state index < -0.39 is 17.9 Å². The molecule has 0 saturated carbocycles. The maximum absolute atomic E-state index is 12.2. The van der Waals surface area contributed by atoms with Crippen molar-refractivity contribution in [2.75, 3.05) is 0 Å². The number of carboxylic acid groups (broad SMARTS) is 1. The van der Waals surface area contributed by atoms with Crippen molar-refractivity contribution in [1.29, 1.82) is 0 Å². The molecule has 7 heteroatoms. The Morgan fingerprint density at radius 2 is 1.83 bits per heavy atom. The van der Waals surface area contributed by atoms with Crippen LogP contribution in [0.5, 0.6) is 0 Å². The van der Waals surface area contributed by atoms with E-state index in [0.717, 1.165) is 0 Å². The number of nitrogens with zero attached hydrogens (tertiary/aromatic N) is 3. The molecule has 128 valence electrons. The molecule has 1 N–H and O–H groups in total. The third kappa shape index (κ3) is 5.00. The predicted octanol–water partition coefficient (Wildman–Crippen LogP) is 3.21. The average Bonchev–Trinajstić information content (AvgIpc) is 2.55. The maximum Gasteiger partial charge on any atom is 0.328 e. The standard InChI is InChI=1S/C17H17N3O3.Ni/c1-11(19-12(2)17(22)23)13-7-3-4-8-14(13)20-16(21)15-9-5-6-10-18-15;/h3-10,12H,1-2H3,(H2,19,20,21,22,23);/p-1. The smallest absolute Gasteiger partial charge is 0.328 e. The molecular formula is C17H16N3NiO3-. The number of hydrogen-bond donors (Lipinski definition) is 1. The SMILES string of the molecule is CC(=NC(C)C(=O)O)c1ccccc1[N-]C(=O)c1ccccn1.[Ni]. The zero-order valence-electron chi connectivity index (χ0n) is 13.1. The Hall–Kier alpha value is -2.53. The van der Waals surface area contributed by atoms with Crippen LogP contribution in [-0.2, 0) is 21.3 Å². The van der Waals surface area contributed by atoms with Crippen LogP contribution in [0, 0.1) is 0 Å². The molecular weight excluding hydrogens is 353 g/mol. The number of carbonyl (C=O) groups is 2. The molecule has 1 unspecified atom stereocenters. The number of rotatable bonds is 5. The third-order valence-corrected chi connectivity index (χ3v) is 3.14. The zero-order chi connectivity index (χ0) is 16.8. The first-order valence-electron chi connectivity index (χ1n) is 7.02. The first kappa shape index (κ1) is 19.5. The van der Waals surface area contributed by atoms with Crippen molar-refractivity contribution in [3.8, 4) is 0 Å². The van der Waals surface area contributed by atoms with Crippen LogP contribution in [-0.4, -0.2) is 33.7 Å². The number of benzene rings is 1. The summed E-state index contributed by atoms with van der Waals surface area (Å²) in [6, 6.07) is 11.1. The molecule has 24 heavy (non-hydrogen) atoms. The summed E-state index contributed by atoms with van der Waals surface area (Å²) >= 11 is 0. The maximum atomic E-state index is 12.2. The van der Waals surface area contributed by atoms with Crippen molar-refractivity contribution in [3.63, 3.8) is 0 Å². The van der Waals surface area contributed by atoms with E-state index in [1.807, 2.05) is 0 Å². The fourth-order valence-corrected chi connectivity index (χ4v) is 1.95. The van der Waals surface area contributed by atoms with Crippen LogP contribution in [0.4, 0.5) is 5.69 Å². The van der Waals surface area contributed by atoms with Gasteiger partial charge in [0, 0.05) is 28.4 Å². The number of hydrogen-bond acceptors (Lipinski definition) is 4. The summed E-state index contributed by atoms with van der Waals surface area (Å²) in [5.41, 5.74) is 1.80. The summed E-state index contributed by atoms with van der Waals surface area (Å²) in [4.78, 5) is 31.2. The van der Waals surface area contributed by atoms with Crippen molar-refractivity contribution in [1.82, 2.24) is 4.98 Å². The Labute approximate surface area is 150 Å². The molecule has 1 heterocycles. The second-order valence-corrected chi connectivity index (χ2v) is 4.88. The van der Waals surface area contributed by atoms with Crippen molar-refractivity contribution in [3.05, 3.63) is 65.2 Å². The van der Waals surface area contributed by atoms with Crippen molar-refractivity contribution in [2.24, 2.45) is 4.99 Å². The third-order valence-electron chi connectivity index (χ3n) is 3.14. The van der Waals surface area contributed by atoms with E-state index in [0.29, 0.717) is 17.0 Å². The molecule has 0 saturated heterocycles. The number of pyridine rings is 1. The average molecular weight is 369 g/mol. The normalized spacial score (nSPS) is 12.0. The second-order valence-electron chi connectivity index (χ2n) is 4.88. The van der Waals surface area contributed by atoms with Crippen molar-refractivity contribution < 1.29 is 31.2 Å². The summed E-state index contributed by atoms with van der Waals surface area (Å²) < 4.78 is 0. The summed E-state index contributed by atoms with van der Waals surface area (Å²) in [5.74, 6) is -1.47. The largest absolute Gasteiger partial charge is 0.621 e. The van der Waals surface area contributed by atoms with Gasteiger partial charge in [0.2, 0.25) is 0 Å². The first-order valence-corrected chi connectivity index (χ1v) is 7.02. The minimum absolute atomic E-state index is 0. The van der Waals surface area contributed by atoms with Gasteiger partial charge in [-0.3, -0.25) is 9.98 Å². The molecule has 2 aromatic rings. The number of aromatic nitrogens is 1. The van der Waals surface area contributed by atoms with Crippen LogP contribution in [0.15, 0.2) is 53.7 Å². The summed E-state index contributed by atoms with van der Waals surface area (Å²) in [6.45, 7) is 3.18. The van der Waals surface area contributed by atoms with Gasteiger partial charge < -0.3 is 15.2 Å². The Kier molecular flexibility index (Phi) is 7.27. The number of carbonyl (C=O) groups excluding carboxylic acids is 1. The fourth-order valence-electron chi connectivity index (χ4n) is 1.95. The van der Waals surface area contributed by atoms with Crippen LogP contribution in [0.1, 0.15) is 29.9 Å². The van der Waals surface area contributed by atoms with Gasteiger partial charge in [0.05, 0.1) is 5.69 Å². The number of amides is 1. The van der Waals surface area contributed by atoms with E-state index in [2.05, 4.69) is 15.3 Å². The molecule has 2 rings (SSSR count). The molecule has 6 nitrogen and oxygen atoms in total. The second kappa shape index (κ2) is 8.94. The van der Waals surface area contributed by atoms with Gasteiger partial charge in [0.15, 0.2) is 0 Å². The summed E-state index contributed by atoms with van der Waals surface area (Å²) in [5, 5.41) is 13.0. The molecule has 0 aliphatic heterocycles. The Morgan fingerprint density at radius 3 is 2.46 bits per heavy atom. The minimum atomic E-state index is -1.01. The van der Waals surface area contributed by atoms with E-state index >= 15 is 0 Å². The first-order chi connectivity index (χ1) is 11.0. The monoisotopic (exact) mass is 368 g/mol. The van der Waals surface area contributed by atoms with E-state index in [1.165, 1.54) is 13.1 Å². The topological polar surface area (TPSA) is 93.7 Å². The predicted molar refractivity (Wildman–Crippen MR) is 87.3 cm³/mol. The van der Waals surface area contributed by atoms with Crippen LogP contribution in [0.25, 0.3) is 5.32 Å². The molecule has 0 radical (unpaired) electrons. The Bertz CT molecular complexity index is 748. The molecule has 1 aromatic carbocycles. The van der Waals surface area contributed by atoms with Crippen LogP contribution < -0.4 is 0 Å². The van der Waals surface area contributed by atoms with Crippen LogP contribution in [0.3, 0.4) is 0 Å². The van der Waals surface area contributed by atoms with E-state index in [-0.39, 0.29) is 22.2 Å². The van der Waals surface area contributed by atoms with Gasteiger partial charge >= 0.3 is 5.97 Å². The van der Waals surface area contributed by atoms with Crippen molar-refractivity contribution in [2.45, 2.75) is 19.9 Å². The molecule has 0 aliphatic rings. The van der Waals surface area contributed by atoms with E-state index in [4.69, 9.17) is 5.11 Å². The summed E-state index contributed by atoms with van der Waals surface area (Å²) in [7, 11) is 0. The fraction of sp³-hybridized carbons (Fsp3) is 0.176. The van der Waals surface area contributed by atoms with Gasteiger partial charge in [-0.25, -0.2) is 4.79 Å². The Morgan fingerprint density at radius 1 is 1.17 bits per heavy atom. The number of para-hydroxylation sites is 1. The van der Waals surface area contributed by atoms with E-state index in [9.17, 15) is 9.59 Å². The molecule has 1 aromatic heterocycles. The number of carboxylic acids is 1. The Balaban J connectivity index is 0.00000288. The molecule has 0 spiro atoms. The molecule has 0 fully saturated rings. The van der Waals surface area contributed by atoms with Gasteiger partial charge in [0.1, 0.15) is 11.9 Å². The van der Waals surface area contributed by atoms with Gasteiger partial charge in [-0.15, -0.1) is 5.69 Å². The molecule has 1 atom stereocenters. The van der Waals surface area contributed by atoms with Gasteiger partial charge in [-0.1, -0.05) is 30.3 Å². The summed E-state index contributed by atoms with van der Waals surface area (Å²) in [6.07, 6.45) is 1.52. The molecule has 0 bridgehead atoms. The zero-order valence-corrected chi connectivity index (χ0v) is 14.1. The number of aliphatic carboxylic acids is 1. The van der Waals surface area contributed by atoms with E-state index in [1.54, 1.807) is 49.4 Å². The van der Waals surface area contributed by atoms with Gasteiger partial charge in [-0.05, 0) is 31.5 Å². The molecule has 0 aliphatic carbocycles.